The Hall–Kier alpha value is -2.01. The monoisotopic (exact) mass is 268 g/mol. The number of hydrogen-bond donors (Lipinski definition) is 1. The quantitative estimate of drug-likeness (QED) is 0.850. The number of nitrogens with one attached hydrogen (secondary N) is 1. The third kappa shape index (κ3) is 2.81. The normalized spacial score (nSPS) is 10.2. The van der Waals surface area contributed by atoms with E-state index in [9.17, 15) is 13.6 Å². The van der Waals surface area contributed by atoms with Crippen LogP contribution in [0.2, 0.25) is 5.02 Å². The molecule has 6 heteroatoms. The van der Waals surface area contributed by atoms with E-state index < -0.39 is 17.8 Å². The lowest BCUT2D eigenvalue weighted by molar-refractivity contribution is 0.102. The number of aromatic nitrogens is 1. The maximum atomic E-state index is 13.2. The van der Waals surface area contributed by atoms with Gasteiger partial charge in [-0.25, -0.2) is 0 Å². The molecule has 0 saturated heterocycles. The summed E-state index contributed by atoms with van der Waals surface area (Å²) in [7, 11) is 0. The number of carbonyl (C=O) groups is 1. The number of rotatable bonds is 2. The van der Waals surface area contributed by atoms with Crippen LogP contribution in [0.25, 0.3) is 0 Å². The summed E-state index contributed by atoms with van der Waals surface area (Å²) in [6, 6.07) is 8.12. The second-order valence-corrected chi connectivity index (χ2v) is 3.87. The molecule has 0 fully saturated rings. The van der Waals surface area contributed by atoms with Crippen LogP contribution in [0.15, 0.2) is 36.4 Å². The van der Waals surface area contributed by atoms with Crippen LogP contribution in [-0.4, -0.2) is 10.9 Å². The Morgan fingerprint density at radius 1 is 1.11 bits per heavy atom. The van der Waals surface area contributed by atoms with Gasteiger partial charge in [-0.3, -0.25) is 4.79 Å². The molecule has 0 unspecified atom stereocenters. The fourth-order valence-corrected chi connectivity index (χ4v) is 1.43. The Morgan fingerprint density at radius 2 is 1.78 bits per heavy atom. The average Bonchev–Trinajstić information content (AvgIpc) is 2.33. The first-order valence-electron chi connectivity index (χ1n) is 4.95. The van der Waals surface area contributed by atoms with Gasteiger partial charge in [0.15, 0.2) is 0 Å². The van der Waals surface area contributed by atoms with Crippen molar-refractivity contribution in [2.75, 3.05) is 5.32 Å². The molecule has 0 aliphatic heterocycles. The van der Waals surface area contributed by atoms with E-state index >= 15 is 0 Å². The Labute approximate surface area is 106 Å². The van der Waals surface area contributed by atoms with Crippen molar-refractivity contribution in [1.29, 1.82) is 0 Å². The Morgan fingerprint density at radius 3 is 2.39 bits per heavy atom. The number of amides is 1. The summed E-state index contributed by atoms with van der Waals surface area (Å²) in [6.45, 7) is 0. The first-order valence-corrected chi connectivity index (χ1v) is 5.33. The molecule has 1 aromatic heterocycles. The Balaban J connectivity index is 2.18. The molecular formula is C12H7ClF2N2O. The summed E-state index contributed by atoms with van der Waals surface area (Å²) in [5.74, 6) is -2.55. The number of hydrogen-bond acceptors (Lipinski definition) is 2. The topological polar surface area (TPSA) is 42.0 Å². The maximum Gasteiger partial charge on any atom is 0.255 e. The van der Waals surface area contributed by atoms with Gasteiger partial charge in [-0.2, -0.15) is 13.8 Å². The highest BCUT2D eigenvalue weighted by molar-refractivity contribution is 6.30. The third-order valence-corrected chi connectivity index (χ3v) is 2.42. The van der Waals surface area contributed by atoms with Gasteiger partial charge in [0, 0.05) is 10.6 Å². The molecule has 1 aromatic carbocycles. The summed E-state index contributed by atoms with van der Waals surface area (Å²) in [5, 5.41) is 2.77. The number of nitrogens with zero attached hydrogens (tertiary/aromatic N) is 1. The number of anilines is 1. The summed E-state index contributed by atoms with van der Waals surface area (Å²) in [4.78, 5) is 14.7. The second kappa shape index (κ2) is 5.10. The van der Waals surface area contributed by atoms with E-state index in [1.807, 2.05) is 0 Å². The van der Waals surface area contributed by atoms with Crippen molar-refractivity contribution >= 4 is 23.2 Å². The van der Waals surface area contributed by atoms with E-state index in [1.165, 1.54) is 24.3 Å². The molecule has 0 atom stereocenters. The predicted octanol–water partition coefficient (Wildman–Crippen LogP) is 3.27. The number of halogens is 3. The fourth-order valence-electron chi connectivity index (χ4n) is 1.30. The van der Waals surface area contributed by atoms with Gasteiger partial charge in [0.05, 0.1) is 5.69 Å². The van der Waals surface area contributed by atoms with Crippen LogP contribution in [-0.2, 0) is 0 Å². The maximum absolute atomic E-state index is 13.2. The zero-order valence-electron chi connectivity index (χ0n) is 8.95. The molecule has 0 aliphatic rings. The molecule has 2 aromatic rings. The van der Waals surface area contributed by atoms with Gasteiger partial charge in [0.2, 0.25) is 11.9 Å². The van der Waals surface area contributed by atoms with E-state index in [2.05, 4.69) is 10.3 Å². The minimum Gasteiger partial charge on any atom is -0.318 e. The van der Waals surface area contributed by atoms with Crippen LogP contribution in [0.3, 0.4) is 0 Å². The van der Waals surface area contributed by atoms with Crippen molar-refractivity contribution in [3.63, 3.8) is 0 Å². The van der Waals surface area contributed by atoms with Crippen LogP contribution >= 0.6 is 11.6 Å². The molecular weight excluding hydrogens is 262 g/mol. The number of carbonyl (C=O) groups excluding carboxylic acids is 1. The molecule has 18 heavy (non-hydrogen) atoms. The largest absolute Gasteiger partial charge is 0.318 e. The fraction of sp³-hybridized carbons (Fsp3) is 0. The zero-order valence-corrected chi connectivity index (χ0v) is 9.71. The lowest BCUT2D eigenvalue weighted by Gasteiger charge is -2.05. The standard InChI is InChI=1S/C12H7ClF2N2O/c13-8-3-1-7(2-4-8)12(18)16-9-5-6-10(14)17-11(9)15/h1-6H,(H,16,18). The van der Waals surface area contributed by atoms with E-state index in [-0.39, 0.29) is 5.69 Å². The molecule has 3 nitrogen and oxygen atoms in total. The third-order valence-electron chi connectivity index (χ3n) is 2.17. The van der Waals surface area contributed by atoms with Gasteiger partial charge in [0.25, 0.3) is 5.91 Å². The summed E-state index contributed by atoms with van der Waals surface area (Å²) >= 11 is 5.68. The van der Waals surface area contributed by atoms with Crippen molar-refractivity contribution < 1.29 is 13.6 Å². The van der Waals surface area contributed by atoms with Crippen molar-refractivity contribution in [2.24, 2.45) is 0 Å². The first-order chi connectivity index (χ1) is 8.56. The molecule has 1 N–H and O–H groups in total. The zero-order chi connectivity index (χ0) is 13.1. The molecule has 1 amide bonds. The predicted molar refractivity (Wildman–Crippen MR) is 63.6 cm³/mol. The minimum atomic E-state index is -1.07. The molecule has 2 rings (SSSR count). The summed E-state index contributed by atoms with van der Waals surface area (Å²) < 4.78 is 25.8. The molecule has 1 heterocycles. The molecule has 0 aliphatic carbocycles. The summed E-state index contributed by atoms with van der Waals surface area (Å²) in [6.07, 6.45) is 0. The molecule has 0 radical (unpaired) electrons. The van der Waals surface area contributed by atoms with Crippen LogP contribution < -0.4 is 5.32 Å². The van der Waals surface area contributed by atoms with E-state index in [4.69, 9.17) is 11.6 Å². The van der Waals surface area contributed by atoms with Crippen molar-refractivity contribution in [2.45, 2.75) is 0 Å². The van der Waals surface area contributed by atoms with Crippen molar-refractivity contribution in [1.82, 2.24) is 4.98 Å². The van der Waals surface area contributed by atoms with Crippen LogP contribution in [0.5, 0.6) is 0 Å². The van der Waals surface area contributed by atoms with E-state index in [0.29, 0.717) is 10.6 Å². The SMILES string of the molecule is O=C(Nc1ccc(F)nc1F)c1ccc(Cl)cc1. The average molecular weight is 269 g/mol. The number of benzene rings is 1. The van der Waals surface area contributed by atoms with Gasteiger partial charge in [0.1, 0.15) is 0 Å². The van der Waals surface area contributed by atoms with Gasteiger partial charge >= 0.3 is 0 Å². The minimum absolute atomic E-state index is 0.184. The Kier molecular flexibility index (Phi) is 3.53. The van der Waals surface area contributed by atoms with Crippen molar-refractivity contribution in [3.05, 3.63) is 58.9 Å². The molecule has 0 bridgehead atoms. The highest BCUT2D eigenvalue weighted by Crippen LogP contribution is 2.14. The van der Waals surface area contributed by atoms with Gasteiger partial charge in [-0.05, 0) is 36.4 Å². The second-order valence-electron chi connectivity index (χ2n) is 3.43. The molecule has 0 spiro atoms. The smallest absolute Gasteiger partial charge is 0.255 e. The Bertz CT molecular complexity index is 587. The summed E-state index contributed by atoms with van der Waals surface area (Å²) in [5.41, 5.74) is 0.125. The molecule has 0 saturated carbocycles. The van der Waals surface area contributed by atoms with Crippen LogP contribution in [0, 0.1) is 11.9 Å². The van der Waals surface area contributed by atoms with E-state index in [1.54, 1.807) is 0 Å². The van der Waals surface area contributed by atoms with Gasteiger partial charge in [-0.15, -0.1) is 0 Å². The van der Waals surface area contributed by atoms with Crippen LogP contribution in [0.4, 0.5) is 14.5 Å². The van der Waals surface area contributed by atoms with E-state index in [0.717, 1.165) is 12.1 Å². The highest BCUT2D eigenvalue weighted by atomic mass is 35.5. The first kappa shape index (κ1) is 12.4. The van der Waals surface area contributed by atoms with Crippen LogP contribution in [0.1, 0.15) is 10.4 Å². The molecule has 92 valence electrons. The highest BCUT2D eigenvalue weighted by Gasteiger charge is 2.10. The van der Waals surface area contributed by atoms with Gasteiger partial charge < -0.3 is 5.32 Å². The van der Waals surface area contributed by atoms with Gasteiger partial charge in [-0.1, -0.05) is 11.6 Å². The lowest BCUT2D eigenvalue weighted by atomic mass is 10.2. The van der Waals surface area contributed by atoms with Crippen molar-refractivity contribution in [3.8, 4) is 0 Å². The lowest BCUT2D eigenvalue weighted by Crippen LogP contribution is -2.13. The number of pyridine rings is 1.